The molecule has 0 fully saturated rings. The van der Waals surface area contributed by atoms with Crippen molar-refractivity contribution in [2.24, 2.45) is 0 Å². The molecule has 0 saturated heterocycles. The Hall–Kier alpha value is -1.96. The molecule has 0 aliphatic heterocycles. The minimum Gasteiger partial charge on any atom is -0.508 e. The average Bonchev–Trinajstić information content (AvgIpc) is 2.48. The van der Waals surface area contributed by atoms with Crippen LogP contribution in [0.5, 0.6) is 11.5 Å². The monoisotopic (exact) mass is 272 g/mol. The highest BCUT2D eigenvalue weighted by Crippen LogP contribution is 2.17. The van der Waals surface area contributed by atoms with Gasteiger partial charge in [-0.15, -0.1) is 0 Å². The molecule has 2 aromatic carbocycles. The second-order valence-electron chi connectivity index (χ2n) is 4.75. The molecule has 2 heteroatoms. The Morgan fingerprint density at radius 1 is 0.850 bits per heavy atom. The lowest BCUT2D eigenvalue weighted by Gasteiger charge is -2.01. The van der Waals surface area contributed by atoms with E-state index >= 15 is 0 Å². The third kappa shape index (κ3) is 5.79. The molecule has 0 aliphatic rings. The number of rotatable bonds is 4. The van der Waals surface area contributed by atoms with E-state index in [-0.39, 0.29) is 0 Å². The molecule has 0 atom stereocenters. The Morgan fingerprint density at radius 3 is 2.05 bits per heavy atom. The quantitative estimate of drug-likeness (QED) is 0.847. The van der Waals surface area contributed by atoms with E-state index < -0.39 is 0 Å². The van der Waals surface area contributed by atoms with Crippen LogP contribution in [0.25, 0.3) is 0 Å². The van der Waals surface area contributed by atoms with Crippen molar-refractivity contribution in [2.75, 3.05) is 0 Å². The fourth-order valence-electron chi connectivity index (χ4n) is 1.82. The van der Waals surface area contributed by atoms with Crippen LogP contribution in [-0.2, 0) is 12.8 Å². The van der Waals surface area contributed by atoms with E-state index in [1.54, 1.807) is 18.2 Å². The largest absolute Gasteiger partial charge is 0.508 e. The highest BCUT2D eigenvalue weighted by Gasteiger charge is 1.96. The molecule has 0 aromatic heterocycles. The Balaban J connectivity index is 0.000000204. The van der Waals surface area contributed by atoms with Gasteiger partial charge < -0.3 is 10.2 Å². The van der Waals surface area contributed by atoms with E-state index in [1.165, 1.54) is 12.0 Å². The summed E-state index contributed by atoms with van der Waals surface area (Å²) in [6, 6.07) is 14.8. The van der Waals surface area contributed by atoms with Gasteiger partial charge in [0.1, 0.15) is 11.5 Å². The summed E-state index contributed by atoms with van der Waals surface area (Å²) in [7, 11) is 0. The minimum absolute atomic E-state index is 0.340. The third-order valence-electron chi connectivity index (χ3n) is 3.14. The van der Waals surface area contributed by atoms with Gasteiger partial charge in [0.15, 0.2) is 0 Å². The fourth-order valence-corrected chi connectivity index (χ4v) is 1.82. The minimum atomic E-state index is 0.340. The van der Waals surface area contributed by atoms with Crippen molar-refractivity contribution < 1.29 is 10.2 Å². The van der Waals surface area contributed by atoms with Gasteiger partial charge in [-0.25, -0.2) is 0 Å². The van der Waals surface area contributed by atoms with Crippen molar-refractivity contribution in [3.8, 4) is 11.5 Å². The molecule has 0 bridgehead atoms. The summed E-state index contributed by atoms with van der Waals surface area (Å²) in [5, 5.41) is 18.2. The first-order valence-corrected chi connectivity index (χ1v) is 7.22. The van der Waals surface area contributed by atoms with Crippen LogP contribution in [0.2, 0.25) is 0 Å². The highest BCUT2D eigenvalue weighted by atomic mass is 16.3. The van der Waals surface area contributed by atoms with Crippen molar-refractivity contribution in [2.45, 2.75) is 39.5 Å². The second kappa shape index (κ2) is 9.03. The fraction of sp³-hybridized carbons (Fsp3) is 0.333. The number of benzene rings is 2. The van der Waals surface area contributed by atoms with Crippen LogP contribution in [-0.4, -0.2) is 10.2 Å². The summed E-state index contributed by atoms with van der Waals surface area (Å²) < 4.78 is 0. The number of phenols is 2. The van der Waals surface area contributed by atoms with Crippen LogP contribution in [0.4, 0.5) is 0 Å². The number of aromatic hydroxyl groups is 2. The van der Waals surface area contributed by atoms with E-state index in [4.69, 9.17) is 5.11 Å². The van der Waals surface area contributed by atoms with Gasteiger partial charge in [-0.2, -0.15) is 0 Å². The summed E-state index contributed by atoms with van der Waals surface area (Å²) in [5.41, 5.74) is 2.32. The van der Waals surface area contributed by atoms with Crippen molar-refractivity contribution in [3.05, 3.63) is 59.7 Å². The summed E-state index contributed by atoms with van der Waals surface area (Å²) >= 11 is 0. The van der Waals surface area contributed by atoms with E-state index in [2.05, 4.69) is 13.8 Å². The zero-order valence-electron chi connectivity index (χ0n) is 12.3. The molecule has 0 spiro atoms. The lowest BCUT2D eigenvalue weighted by molar-refractivity contribution is 0.467. The van der Waals surface area contributed by atoms with Gasteiger partial charge in [0.2, 0.25) is 0 Å². The summed E-state index contributed by atoms with van der Waals surface area (Å²) in [5.74, 6) is 0.771. The van der Waals surface area contributed by atoms with E-state index in [0.717, 1.165) is 24.8 Å². The molecule has 20 heavy (non-hydrogen) atoms. The maximum Gasteiger partial charge on any atom is 0.118 e. The predicted octanol–water partition coefficient (Wildman–Crippen LogP) is 4.69. The molecule has 108 valence electrons. The molecule has 2 aromatic rings. The van der Waals surface area contributed by atoms with Crippen molar-refractivity contribution >= 4 is 0 Å². The first-order valence-electron chi connectivity index (χ1n) is 7.22. The first kappa shape index (κ1) is 16.1. The molecular formula is C18H24O2. The Morgan fingerprint density at radius 2 is 1.50 bits per heavy atom. The van der Waals surface area contributed by atoms with Gasteiger partial charge >= 0.3 is 0 Å². The maximum absolute atomic E-state index is 9.34. The van der Waals surface area contributed by atoms with Gasteiger partial charge in [-0.3, -0.25) is 0 Å². The van der Waals surface area contributed by atoms with Gasteiger partial charge in [0.25, 0.3) is 0 Å². The van der Waals surface area contributed by atoms with Gasteiger partial charge in [-0.1, -0.05) is 50.6 Å². The lowest BCUT2D eigenvalue weighted by Crippen LogP contribution is -1.83. The standard InChI is InChI=1S/C10H14O.C8H10O/c1-2-3-6-9-7-4-5-8-10(9)11;1-2-7-3-5-8(9)6-4-7/h4-5,7-8,11H,2-3,6H2,1H3;3-6,9H,2H2,1H3. The molecule has 0 amide bonds. The van der Waals surface area contributed by atoms with Crippen LogP contribution in [0.3, 0.4) is 0 Å². The number of hydrogen-bond donors (Lipinski definition) is 2. The van der Waals surface area contributed by atoms with Gasteiger partial charge in [0.05, 0.1) is 0 Å². The second-order valence-corrected chi connectivity index (χ2v) is 4.75. The van der Waals surface area contributed by atoms with E-state index in [1.807, 2.05) is 30.3 Å². The topological polar surface area (TPSA) is 40.5 Å². The van der Waals surface area contributed by atoms with Crippen LogP contribution in [0.15, 0.2) is 48.5 Å². The molecule has 2 N–H and O–H groups in total. The molecule has 2 nitrogen and oxygen atoms in total. The molecule has 0 unspecified atom stereocenters. The lowest BCUT2D eigenvalue weighted by atomic mass is 10.1. The number of aryl methyl sites for hydroxylation is 2. The average molecular weight is 272 g/mol. The van der Waals surface area contributed by atoms with Crippen molar-refractivity contribution in [3.63, 3.8) is 0 Å². The SMILES string of the molecule is CCCCc1ccccc1O.CCc1ccc(O)cc1. The van der Waals surface area contributed by atoms with Gasteiger partial charge in [-0.05, 0) is 48.6 Å². The Labute approximate surface area is 121 Å². The zero-order valence-corrected chi connectivity index (χ0v) is 12.3. The number of phenolic OH excluding ortho intramolecular Hbond substituents is 2. The van der Waals surface area contributed by atoms with Gasteiger partial charge in [0, 0.05) is 0 Å². The normalized spacial score (nSPS) is 9.70. The molecule has 0 saturated carbocycles. The Kier molecular flexibility index (Phi) is 7.26. The summed E-state index contributed by atoms with van der Waals surface area (Å²) in [6.45, 7) is 4.24. The molecular weight excluding hydrogens is 248 g/mol. The number of unbranched alkanes of at least 4 members (excludes halogenated alkanes) is 1. The summed E-state index contributed by atoms with van der Waals surface area (Å²) in [6.07, 6.45) is 4.34. The summed E-state index contributed by atoms with van der Waals surface area (Å²) in [4.78, 5) is 0. The maximum atomic E-state index is 9.34. The van der Waals surface area contributed by atoms with Crippen LogP contribution in [0.1, 0.15) is 37.8 Å². The molecule has 0 aliphatic carbocycles. The van der Waals surface area contributed by atoms with Crippen molar-refractivity contribution in [1.29, 1.82) is 0 Å². The van der Waals surface area contributed by atoms with E-state index in [0.29, 0.717) is 11.5 Å². The first-order chi connectivity index (χ1) is 9.67. The molecule has 2 rings (SSSR count). The smallest absolute Gasteiger partial charge is 0.118 e. The number of hydrogen-bond acceptors (Lipinski definition) is 2. The number of para-hydroxylation sites is 1. The van der Waals surface area contributed by atoms with Crippen LogP contribution in [0, 0.1) is 0 Å². The zero-order chi connectivity index (χ0) is 14.8. The van der Waals surface area contributed by atoms with Crippen LogP contribution >= 0.6 is 0 Å². The highest BCUT2D eigenvalue weighted by molar-refractivity contribution is 5.31. The molecule has 0 heterocycles. The van der Waals surface area contributed by atoms with Crippen molar-refractivity contribution in [1.82, 2.24) is 0 Å². The Bertz CT molecular complexity index is 489. The van der Waals surface area contributed by atoms with Crippen LogP contribution < -0.4 is 0 Å². The predicted molar refractivity (Wildman–Crippen MR) is 84.2 cm³/mol. The molecule has 0 radical (unpaired) electrons. The van der Waals surface area contributed by atoms with E-state index in [9.17, 15) is 5.11 Å². The third-order valence-corrected chi connectivity index (χ3v) is 3.14.